The van der Waals surface area contributed by atoms with Crippen molar-refractivity contribution in [2.24, 2.45) is 5.41 Å². The molecular formula is C19H22N2O6S. The van der Waals surface area contributed by atoms with Crippen LogP contribution < -0.4 is 10.0 Å². The van der Waals surface area contributed by atoms with Crippen LogP contribution in [0.15, 0.2) is 47.4 Å². The molecule has 0 aliphatic carbocycles. The van der Waals surface area contributed by atoms with E-state index in [9.17, 15) is 23.1 Å². The minimum atomic E-state index is -4.05. The van der Waals surface area contributed by atoms with Crippen molar-refractivity contribution in [2.45, 2.75) is 25.7 Å². The SMILES string of the molecule is COC(=O)c1cc(S(=O)(=O)Nc2cccc(NC(=O)C(C)(C)C)c2)ccc1O. The lowest BCUT2D eigenvalue weighted by molar-refractivity contribution is -0.123. The monoisotopic (exact) mass is 406 g/mol. The van der Waals surface area contributed by atoms with Crippen LogP contribution >= 0.6 is 0 Å². The molecule has 0 aromatic heterocycles. The Balaban J connectivity index is 2.29. The van der Waals surface area contributed by atoms with E-state index in [2.05, 4.69) is 14.8 Å². The highest BCUT2D eigenvalue weighted by atomic mass is 32.2. The van der Waals surface area contributed by atoms with E-state index < -0.39 is 27.2 Å². The minimum absolute atomic E-state index is 0.214. The predicted molar refractivity (Wildman–Crippen MR) is 105 cm³/mol. The highest BCUT2D eigenvalue weighted by Crippen LogP contribution is 2.25. The normalized spacial score (nSPS) is 11.6. The smallest absolute Gasteiger partial charge is 0.341 e. The third kappa shape index (κ3) is 5.01. The number of phenols is 1. The Morgan fingerprint density at radius 2 is 1.68 bits per heavy atom. The number of carbonyl (C=O) groups is 2. The molecule has 2 aromatic rings. The van der Waals surface area contributed by atoms with E-state index in [0.29, 0.717) is 5.69 Å². The second kappa shape index (κ2) is 7.89. The molecule has 2 rings (SSSR count). The van der Waals surface area contributed by atoms with Crippen molar-refractivity contribution in [3.8, 4) is 5.75 Å². The van der Waals surface area contributed by atoms with Crippen LogP contribution in [-0.2, 0) is 19.6 Å². The van der Waals surface area contributed by atoms with Crippen molar-refractivity contribution in [1.29, 1.82) is 0 Å². The molecule has 0 radical (unpaired) electrons. The number of carbonyl (C=O) groups excluding carboxylic acids is 2. The van der Waals surface area contributed by atoms with Crippen molar-refractivity contribution in [1.82, 2.24) is 0 Å². The van der Waals surface area contributed by atoms with Gasteiger partial charge in [0, 0.05) is 11.1 Å². The van der Waals surface area contributed by atoms with Crippen molar-refractivity contribution < 1.29 is 27.9 Å². The molecule has 0 saturated carbocycles. The summed E-state index contributed by atoms with van der Waals surface area (Å²) in [7, 11) is -2.93. The number of aromatic hydroxyl groups is 1. The lowest BCUT2D eigenvalue weighted by Gasteiger charge is -2.18. The molecule has 1 amide bonds. The van der Waals surface area contributed by atoms with E-state index in [4.69, 9.17) is 0 Å². The lowest BCUT2D eigenvalue weighted by atomic mass is 9.95. The molecule has 0 unspecified atom stereocenters. The average Bonchev–Trinajstić information content (AvgIpc) is 2.60. The summed E-state index contributed by atoms with van der Waals surface area (Å²) >= 11 is 0. The van der Waals surface area contributed by atoms with Crippen molar-refractivity contribution in [3.05, 3.63) is 48.0 Å². The molecule has 0 aliphatic rings. The first-order chi connectivity index (χ1) is 12.9. The molecule has 9 heteroatoms. The van der Waals surface area contributed by atoms with Crippen molar-refractivity contribution in [2.75, 3.05) is 17.1 Å². The van der Waals surface area contributed by atoms with E-state index >= 15 is 0 Å². The number of sulfonamides is 1. The molecule has 8 nitrogen and oxygen atoms in total. The van der Waals surface area contributed by atoms with Crippen LogP contribution in [-0.4, -0.2) is 32.5 Å². The number of hydrogen-bond donors (Lipinski definition) is 3. The Morgan fingerprint density at radius 1 is 1.04 bits per heavy atom. The van der Waals surface area contributed by atoms with E-state index in [0.717, 1.165) is 25.3 Å². The number of phenolic OH excluding ortho intramolecular Hbond substituents is 1. The molecule has 3 N–H and O–H groups in total. The van der Waals surface area contributed by atoms with E-state index in [-0.39, 0.29) is 22.1 Å². The van der Waals surface area contributed by atoms with Crippen LogP contribution in [0.2, 0.25) is 0 Å². The number of methoxy groups -OCH3 is 1. The molecule has 0 spiro atoms. The molecule has 0 saturated heterocycles. The summed E-state index contributed by atoms with van der Waals surface area (Å²) in [5.41, 5.74) is -0.219. The van der Waals surface area contributed by atoms with Crippen LogP contribution in [0.25, 0.3) is 0 Å². The van der Waals surface area contributed by atoms with Crippen LogP contribution in [0, 0.1) is 5.41 Å². The number of amides is 1. The number of nitrogens with one attached hydrogen (secondary N) is 2. The van der Waals surface area contributed by atoms with E-state index in [1.54, 1.807) is 32.9 Å². The standard InChI is InChI=1S/C19H22N2O6S/c1-19(2,3)18(24)20-12-6-5-7-13(10-12)21-28(25,26)14-8-9-16(22)15(11-14)17(23)27-4/h5-11,21-22H,1-4H3,(H,20,24). The highest BCUT2D eigenvalue weighted by Gasteiger charge is 2.22. The molecule has 28 heavy (non-hydrogen) atoms. The molecule has 150 valence electrons. The summed E-state index contributed by atoms with van der Waals surface area (Å²) in [4.78, 5) is 23.5. The first kappa shape index (κ1) is 21.2. The molecule has 0 aliphatic heterocycles. The minimum Gasteiger partial charge on any atom is -0.507 e. The van der Waals surface area contributed by atoms with Gasteiger partial charge in [-0.15, -0.1) is 0 Å². The van der Waals surface area contributed by atoms with Gasteiger partial charge in [0.2, 0.25) is 5.91 Å². The number of ether oxygens (including phenoxy) is 1. The van der Waals surface area contributed by atoms with Gasteiger partial charge in [-0.2, -0.15) is 0 Å². The van der Waals surface area contributed by atoms with Gasteiger partial charge in [-0.05, 0) is 36.4 Å². The summed E-state index contributed by atoms with van der Waals surface area (Å²) in [6, 6.07) is 9.50. The van der Waals surface area contributed by atoms with Gasteiger partial charge in [-0.1, -0.05) is 26.8 Å². The predicted octanol–water partition coefficient (Wildman–Crippen LogP) is 2.96. The summed E-state index contributed by atoms with van der Waals surface area (Å²) in [5, 5.41) is 12.4. The fourth-order valence-electron chi connectivity index (χ4n) is 2.15. The number of rotatable bonds is 5. The quantitative estimate of drug-likeness (QED) is 0.656. The Morgan fingerprint density at radius 3 is 2.29 bits per heavy atom. The van der Waals surface area contributed by atoms with Gasteiger partial charge in [0.15, 0.2) is 0 Å². The zero-order chi connectivity index (χ0) is 21.1. The van der Waals surface area contributed by atoms with E-state index in [1.165, 1.54) is 12.1 Å². The lowest BCUT2D eigenvalue weighted by Crippen LogP contribution is -2.27. The second-order valence-electron chi connectivity index (χ2n) is 7.06. The van der Waals surface area contributed by atoms with Gasteiger partial charge < -0.3 is 15.2 Å². The maximum absolute atomic E-state index is 12.6. The van der Waals surface area contributed by atoms with Crippen molar-refractivity contribution >= 4 is 33.3 Å². The third-order valence-electron chi connectivity index (χ3n) is 3.74. The van der Waals surface area contributed by atoms with Crippen LogP contribution in [0.4, 0.5) is 11.4 Å². The van der Waals surface area contributed by atoms with Gasteiger partial charge in [0.1, 0.15) is 11.3 Å². The zero-order valence-electron chi connectivity index (χ0n) is 15.9. The van der Waals surface area contributed by atoms with Gasteiger partial charge in [0.25, 0.3) is 10.0 Å². The first-order valence-electron chi connectivity index (χ1n) is 8.30. The highest BCUT2D eigenvalue weighted by molar-refractivity contribution is 7.92. The Bertz CT molecular complexity index is 1010. The van der Waals surface area contributed by atoms with E-state index in [1.807, 2.05) is 0 Å². The van der Waals surface area contributed by atoms with Gasteiger partial charge in [0.05, 0.1) is 17.7 Å². The fraction of sp³-hybridized carbons (Fsp3) is 0.263. The Kier molecular flexibility index (Phi) is 5.98. The summed E-state index contributed by atoms with van der Waals surface area (Å²) in [6.07, 6.45) is 0. The number of esters is 1. The van der Waals surface area contributed by atoms with Gasteiger partial charge >= 0.3 is 5.97 Å². The third-order valence-corrected chi connectivity index (χ3v) is 5.12. The molecule has 0 fully saturated rings. The van der Waals surface area contributed by atoms with Crippen LogP contribution in [0.3, 0.4) is 0 Å². The average molecular weight is 406 g/mol. The molecular weight excluding hydrogens is 384 g/mol. The summed E-state index contributed by atoms with van der Waals surface area (Å²) < 4.78 is 32.2. The largest absolute Gasteiger partial charge is 0.507 e. The van der Waals surface area contributed by atoms with Gasteiger partial charge in [-0.3, -0.25) is 9.52 Å². The maximum Gasteiger partial charge on any atom is 0.341 e. The zero-order valence-corrected chi connectivity index (χ0v) is 16.8. The molecule has 0 bridgehead atoms. The summed E-state index contributed by atoms with van der Waals surface area (Å²) in [5.74, 6) is -1.46. The molecule has 2 aromatic carbocycles. The van der Waals surface area contributed by atoms with Crippen molar-refractivity contribution in [3.63, 3.8) is 0 Å². The molecule has 0 atom stereocenters. The number of hydrogen-bond acceptors (Lipinski definition) is 6. The number of anilines is 2. The first-order valence-corrected chi connectivity index (χ1v) is 9.78. The molecule has 0 heterocycles. The Hall–Kier alpha value is -3.07. The number of benzene rings is 2. The van der Waals surface area contributed by atoms with Gasteiger partial charge in [-0.25, -0.2) is 13.2 Å². The van der Waals surface area contributed by atoms with Crippen LogP contribution in [0.1, 0.15) is 31.1 Å². The fourth-order valence-corrected chi connectivity index (χ4v) is 3.22. The van der Waals surface area contributed by atoms with Crippen LogP contribution in [0.5, 0.6) is 5.75 Å². The topological polar surface area (TPSA) is 122 Å². The Labute approximate surface area is 163 Å². The summed E-state index contributed by atoms with van der Waals surface area (Å²) in [6.45, 7) is 5.29. The second-order valence-corrected chi connectivity index (χ2v) is 8.74. The maximum atomic E-state index is 12.6.